The molecule has 1 saturated heterocycles. The number of imide groups is 1. The zero-order valence-corrected chi connectivity index (χ0v) is 21.8. The first-order valence-electron chi connectivity index (χ1n) is 12.7. The number of benzene rings is 3. The van der Waals surface area contributed by atoms with Crippen LogP contribution in [-0.4, -0.2) is 40.3 Å². The van der Waals surface area contributed by atoms with Gasteiger partial charge in [-0.05, 0) is 47.4 Å². The van der Waals surface area contributed by atoms with Gasteiger partial charge in [-0.3, -0.25) is 14.5 Å². The number of hydrogen-bond donors (Lipinski definition) is 2. The average Bonchev–Trinajstić information content (AvgIpc) is 3.40. The molecule has 1 fully saturated rings. The predicted octanol–water partition coefficient (Wildman–Crippen LogP) is 5.69. The zero-order chi connectivity index (χ0) is 26.6. The number of halogens is 1. The fraction of sp³-hybridized carbons (Fsp3) is 0.233. The molecule has 2 aliphatic heterocycles. The van der Waals surface area contributed by atoms with Crippen molar-refractivity contribution in [2.75, 3.05) is 11.4 Å². The standard InChI is InChI=1S/C30H27ClN4O3/c1-17(2)16-32-28(36)21-11-4-6-13-24(21)35-29(37)25-15-22-20-10-3-5-12-23(20)33-26(22)27(34(25)30(35)38)18-8-7-9-19(31)14-18/h3-14,17,25,27,33H,15-16H2,1-2H3,(H,32,36). The zero-order valence-electron chi connectivity index (χ0n) is 21.1. The van der Waals surface area contributed by atoms with E-state index in [-0.39, 0.29) is 29.0 Å². The molecule has 7 nitrogen and oxygen atoms in total. The fourth-order valence-corrected chi connectivity index (χ4v) is 5.77. The van der Waals surface area contributed by atoms with E-state index in [9.17, 15) is 14.4 Å². The number of H-pyrrole nitrogens is 1. The number of hydrogen-bond acceptors (Lipinski definition) is 3. The molecule has 0 radical (unpaired) electrons. The van der Waals surface area contributed by atoms with Crippen LogP contribution < -0.4 is 10.2 Å². The summed E-state index contributed by atoms with van der Waals surface area (Å²) in [6.07, 6.45) is 0.374. The third-order valence-corrected chi connectivity index (χ3v) is 7.51. The molecule has 38 heavy (non-hydrogen) atoms. The van der Waals surface area contributed by atoms with Crippen LogP contribution in [0.15, 0.2) is 72.8 Å². The Labute approximate surface area is 225 Å². The van der Waals surface area contributed by atoms with E-state index in [1.807, 2.05) is 56.3 Å². The Bertz CT molecular complexity index is 1590. The Kier molecular flexibility index (Phi) is 5.95. The Morgan fingerprint density at radius 1 is 1.05 bits per heavy atom. The average molecular weight is 527 g/mol. The number of rotatable bonds is 5. The summed E-state index contributed by atoms with van der Waals surface area (Å²) < 4.78 is 0. The molecule has 3 aromatic carbocycles. The van der Waals surface area contributed by atoms with Crippen LogP contribution in [-0.2, 0) is 11.2 Å². The summed E-state index contributed by atoms with van der Waals surface area (Å²) in [7, 11) is 0. The summed E-state index contributed by atoms with van der Waals surface area (Å²) in [6, 6.07) is 20.4. The summed E-state index contributed by atoms with van der Waals surface area (Å²) >= 11 is 6.37. The summed E-state index contributed by atoms with van der Waals surface area (Å²) in [5.74, 6) is -0.401. The van der Waals surface area contributed by atoms with Gasteiger partial charge in [0.05, 0.1) is 11.3 Å². The van der Waals surface area contributed by atoms with Crippen LogP contribution in [0.2, 0.25) is 5.02 Å². The van der Waals surface area contributed by atoms with Crippen molar-refractivity contribution in [1.29, 1.82) is 0 Å². The van der Waals surface area contributed by atoms with E-state index >= 15 is 0 Å². The number of fused-ring (bicyclic) bond motifs is 4. The second kappa shape index (κ2) is 9.33. The minimum absolute atomic E-state index is 0.262. The first-order valence-corrected chi connectivity index (χ1v) is 13.1. The summed E-state index contributed by atoms with van der Waals surface area (Å²) in [6.45, 7) is 4.50. The minimum Gasteiger partial charge on any atom is -0.356 e. The lowest BCUT2D eigenvalue weighted by molar-refractivity contribution is -0.120. The summed E-state index contributed by atoms with van der Waals surface area (Å²) in [5.41, 5.74) is 4.22. The Morgan fingerprint density at radius 3 is 2.61 bits per heavy atom. The molecule has 0 saturated carbocycles. The highest BCUT2D eigenvalue weighted by molar-refractivity contribution is 6.30. The molecule has 6 rings (SSSR count). The normalized spacial score (nSPS) is 18.7. The molecule has 8 heteroatoms. The lowest BCUT2D eigenvalue weighted by Gasteiger charge is -2.36. The van der Waals surface area contributed by atoms with E-state index in [1.165, 1.54) is 4.90 Å². The number of nitrogens with zero attached hydrogens (tertiary/aromatic N) is 2. The summed E-state index contributed by atoms with van der Waals surface area (Å²) in [4.78, 5) is 47.5. The maximum absolute atomic E-state index is 14.1. The number of carbonyl (C=O) groups is 3. The highest BCUT2D eigenvalue weighted by Crippen LogP contribution is 2.45. The molecule has 2 N–H and O–H groups in total. The second-order valence-electron chi connectivity index (χ2n) is 10.2. The largest absolute Gasteiger partial charge is 0.356 e. The molecule has 0 spiro atoms. The molecule has 0 aliphatic carbocycles. The van der Waals surface area contributed by atoms with E-state index in [0.717, 1.165) is 27.7 Å². The fourth-order valence-electron chi connectivity index (χ4n) is 5.57. The Morgan fingerprint density at radius 2 is 1.82 bits per heavy atom. The highest BCUT2D eigenvalue weighted by atomic mass is 35.5. The molecule has 4 aromatic rings. The third-order valence-electron chi connectivity index (χ3n) is 7.27. The van der Waals surface area contributed by atoms with Crippen molar-refractivity contribution in [1.82, 2.24) is 15.2 Å². The Hall–Kier alpha value is -4.10. The van der Waals surface area contributed by atoms with Crippen LogP contribution in [0.25, 0.3) is 10.9 Å². The van der Waals surface area contributed by atoms with Crippen molar-refractivity contribution < 1.29 is 14.4 Å². The predicted molar refractivity (Wildman–Crippen MR) is 147 cm³/mol. The van der Waals surface area contributed by atoms with E-state index in [0.29, 0.717) is 18.0 Å². The van der Waals surface area contributed by atoms with Gasteiger partial charge < -0.3 is 10.3 Å². The monoisotopic (exact) mass is 526 g/mol. The number of carbonyl (C=O) groups excluding carboxylic acids is 3. The Balaban J connectivity index is 1.47. The molecule has 0 bridgehead atoms. The second-order valence-corrected chi connectivity index (χ2v) is 10.7. The number of aromatic amines is 1. The maximum Gasteiger partial charge on any atom is 0.332 e. The third kappa shape index (κ3) is 3.85. The minimum atomic E-state index is -0.718. The van der Waals surface area contributed by atoms with Crippen molar-refractivity contribution in [2.24, 2.45) is 5.92 Å². The van der Waals surface area contributed by atoms with Gasteiger partial charge in [0.1, 0.15) is 12.1 Å². The first kappa shape index (κ1) is 24.2. The van der Waals surface area contributed by atoms with Crippen LogP contribution in [0.1, 0.15) is 47.1 Å². The van der Waals surface area contributed by atoms with Gasteiger partial charge in [-0.25, -0.2) is 9.69 Å². The lowest BCUT2D eigenvalue weighted by Crippen LogP contribution is -2.44. The van der Waals surface area contributed by atoms with E-state index in [4.69, 9.17) is 11.6 Å². The van der Waals surface area contributed by atoms with Gasteiger partial charge in [-0.2, -0.15) is 0 Å². The molecule has 192 valence electrons. The molecule has 4 amide bonds. The van der Waals surface area contributed by atoms with E-state index in [2.05, 4.69) is 10.3 Å². The van der Waals surface area contributed by atoms with E-state index in [1.54, 1.807) is 35.2 Å². The first-order chi connectivity index (χ1) is 18.3. The maximum atomic E-state index is 14.1. The van der Waals surface area contributed by atoms with Gasteiger partial charge in [0, 0.05) is 34.6 Å². The van der Waals surface area contributed by atoms with Gasteiger partial charge in [-0.1, -0.05) is 67.9 Å². The van der Waals surface area contributed by atoms with Crippen molar-refractivity contribution in [3.63, 3.8) is 0 Å². The quantitative estimate of drug-likeness (QED) is 0.328. The van der Waals surface area contributed by atoms with Gasteiger partial charge in [-0.15, -0.1) is 0 Å². The SMILES string of the molecule is CC(C)CNC(=O)c1ccccc1N1C(=O)C2Cc3c([nH]c4ccccc34)C(c3cccc(Cl)c3)N2C1=O. The number of nitrogens with one attached hydrogen (secondary N) is 2. The molecule has 1 aromatic heterocycles. The number of para-hydroxylation sites is 2. The van der Waals surface area contributed by atoms with Crippen LogP contribution in [0.5, 0.6) is 0 Å². The molecule has 2 unspecified atom stereocenters. The number of aromatic nitrogens is 1. The topological polar surface area (TPSA) is 85.5 Å². The summed E-state index contributed by atoms with van der Waals surface area (Å²) in [5, 5.41) is 4.48. The van der Waals surface area contributed by atoms with Gasteiger partial charge in [0.25, 0.3) is 11.8 Å². The molecule has 3 heterocycles. The van der Waals surface area contributed by atoms with Gasteiger partial charge >= 0.3 is 6.03 Å². The molecular weight excluding hydrogens is 500 g/mol. The van der Waals surface area contributed by atoms with Crippen LogP contribution >= 0.6 is 11.6 Å². The molecule has 2 atom stereocenters. The van der Waals surface area contributed by atoms with E-state index < -0.39 is 18.1 Å². The van der Waals surface area contributed by atoms with Crippen LogP contribution in [0.4, 0.5) is 10.5 Å². The van der Waals surface area contributed by atoms with Crippen molar-refractivity contribution >= 4 is 46.0 Å². The molecule has 2 aliphatic rings. The van der Waals surface area contributed by atoms with Crippen LogP contribution in [0, 0.1) is 5.92 Å². The number of amides is 4. The van der Waals surface area contributed by atoms with Gasteiger partial charge in [0.2, 0.25) is 0 Å². The molecular formula is C30H27ClN4O3. The van der Waals surface area contributed by atoms with Crippen molar-refractivity contribution in [3.8, 4) is 0 Å². The van der Waals surface area contributed by atoms with Crippen molar-refractivity contribution in [2.45, 2.75) is 32.4 Å². The lowest BCUT2D eigenvalue weighted by atomic mass is 9.89. The van der Waals surface area contributed by atoms with Crippen molar-refractivity contribution in [3.05, 3.63) is 100 Å². The van der Waals surface area contributed by atoms with Gasteiger partial charge in [0.15, 0.2) is 0 Å². The highest BCUT2D eigenvalue weighted by Gasteiger charge is 2.53. The van der Waals surface area contributed by atoms with Crippen LogP contribution in [0.3, 0.4) is 0 Å². The number of urea groups is 1. The smallest absolute Gasteiger partial charge is 0.332 e. The number of anilines is 1.